The highest BCUT2D eigenvalue weighted by molar-refractivity contribution is 5.66. The molecule has 4 heteroatoms. The van der Waals surface area contributed by atoms with Crippen LogP contribution in [0, 0.1) is 0 Å². The predicted octanol–water partition coefficient (Wildman–Crippen LogP) is 1.58. The number of nitrogens with two attached hydrogens (primary N) is 2. The maximum atomic E-state index is 9.87. The lowest BCUT2D eigenvalue weighted by molar-refractivity contribution is -0.137. The van der Waals surface area contributed by atoms with Crippen LogP contribution in [0.25, 0.3) is 0 Å². The molecule has 0 aromatic carbocycles. The topological polar surface area (TPSA) is 89.3 Å². The summed E-state index contributed by atoms with van der Waals surface area (Å²) < 4.78 is 0. The van der Waals surface area contributed by atoms with Crippen molar-refractivity contribution in [2.75, 3.05) is 13.1 Å². The molecule has 0 spiro atoms. The summed E-state index contributed by atoms with van der Waals surface area (Å²) in [5.74, 6) is -0.682. The Balaban J connectivity index is -0.000000168. The molecule has 5 N–H and O–H groups in total. The molecule has 0 aromatic heterocycles. The van der Waals surface area contributed by atoms with Crippen molar-refractivity contribution in [1.29, 1.82) is 0 Å². The van der Waals surface area contributed by atoms with E-state index in [9.17, 15) is 4.79 Å². The molecule has 0 radical (unpaired) electrons. The molecule has 0 heterocycles. The van der Waals surface area contributed by atoms with Gasteiger partial charge in [-0.05, 0) is 19.5 Å². The molecule has 0 rings (SSSR count). The van der Waals surface area contributed by atoms with Crippen LogP contribution in [-0.2, 0) is 4.79 Å². The van der Waals surface area contributed by atoms with E-state index in [2.05, 4.69) is 6.92 Å². The molecule has 0 unspecified atom stereocenters. The average Bonchev–Trinajstić information content (AvgIpc) is 2.07. The molecule has 0 saturated heterocycles. The van der Waals surface area contributed by atoms with Gasteiger partial charge in [-0.2, -0.15) is 0 Å². The first-order chi connectivity index (χ1) is 6.60. The molecule has 4 nitrogen and oxygen atoms in total. The van der Waals surface area contributed by atoms with Crippen LogP contribution in [0.15, 0.2) is 0 Å². The van der Waals surface area contributed by atoms with E-state index in [4.69, 9.17) is 16.6 Å². The third-order valence-corrected chi connectivity index (χ3v) is 0.994. The van der Waals surface area contributed by atoms with E-state index >= 15 is 0 Å². The highest BCUT2D eigenvalue weighted by Gasteiger charge is 1.92. The minimum Gasteiger partial charge on any atom is -0.481 e. The number of hydrogen-bond acceptors (Lipinski definition) is 3. The Bertz CT molecular complexity index is 96.1. The van der Waals surface area contributed by atoms with E-state index in [1.807, 2.05) is 13.8 Å². The van der Waals surface area contributed by atoms with Gasteiger partial charge in [-0.15, -0.1) is 0 Å². The first kappa shape index (κ1) is 19.0. The maximum Gasteiger partial charge on any atom is 0.303 e. The second-order valence-corrected chi connectivity index (χ2v) is 2.67. The van der Waals surface area contributed by atoms with Crippen LogP contribution in [0.1, 0.15) is 46.5 Å². The summed E-state index contributed by atoms with van der Waals surface area (Å²) in [5.41, 5.74) is 9.69. The predicted molar refractivity (Wildman–Crippen MR) is 61.2 cm³/mol. The fourth-order valence-electron chi connectivity index (χ4n) is 0.526. The van der Waals surface area contributed by atoms with Crippen LogP contribution in [0.5, 0.6) is 0 Å². The largest absolute Gasteiger partial charge is 0.481 e. The zero-order chi connectivity index (χ0) is 11.8. The van der Waals surface area contributed by atoms with E-state index in [-0.39, 0.29) is 0 Å². The smallest absolute Gasteiger partial charge is 0.303 e. The van der Waals surface area contributed by atoms with Gasteiger partial charge >= 0.3 is 5.97 Å². The highest BCUT2D eigenvalue weighted by atomic mass is 16.4. The van der Waals surface area contributed by atoms with Crippen LogP contribution >= 0.6 is 0 Å². The molecule has 0 bridgehead atoms. The van der Waals surface area contributed by atoms with Crippen molar-refractivity contribution >= 4 is 5.97 Å². The van der Waals surface area contributed by atoms with Gasteiger partial charge in [-0.1, -0.05) is 33.6 Å². The number of aliphatic carboxylic acids is 1. The number of carboxylic acid groups (broad SMARTS) is 1. The molecule has 0 aromatic rings. The minimum atomic E-state index is -0.682. The highest BCUT2D eigenvalue weighted by Crippen LogP contribution is 1.97. The summed E-state index contributed by atoms with van der Waals surface area (Å²) in [5, 5.41) is 8.14. The van der Waals surface area contributed by atoms with E-state index in [1.165, 1.54) is 0 Å². The van der Waals surface area contributed by atoms with E-state index in [0.717, 1.165) is 32.4 Å². The molecule has 0 aliphatic heterocycles. The second kappa shape index (κ2) is 22.8. The number of rotatable bonds is 4. The Labute approximate surface area is 87.7 Å². The Hall–Kier alpha value is -0.610. The Morgan fingerprint density at radius 1 is 1.07 bits per heavy atom. The average molecular weight is 206 g/mol. The van der Waals surface area contributed by atoms with Gasteiger partial charge in [0.1, 0.15) is 0 Å². The van der Waals surface area contributed by atoms with Crippen molar-refractivity contribution in [3.8, 4) is 0 Å². The monoisotopic (exact) mass is 206 g/mol. The lowest BCUT2D eigenvalue weighted by Crippen LogP contribution is -1.92. The van der Waals surface area contributed by atoms with E-state index in [0.29, 0.717) is 6.42 Å². The van der Waals surface area contributed by atoms with Gasteiger partial charge in [0.05, 0.1) is 0 Å². The number of hydrogen-bond donors (Lipinski definition) is 3. The van der Waals surface area contributed by atoms with Crippen molar-refractivity contribution in [1.82, 2.24) is 0 Å². The summed E-state index contributed by atoms with van der Waals surface area (Å²) in [6.45, 7) is 7.36. The van der Waals surface area contributed by atoms with Gasteiger partial charge in [-0.25, -0.2) is 0 Å². The van der Waals surface area contributed by atoms with Crippen LogP contribution in [0.4, 0.5) is 0 Å². The number of unbranched alkanes of at least 4 members (excludes halogenated alkanes) is 2. The molecule has 0 fully saturated rings. The summed E-state index contributed by atoms with van der Waals surface area (Å²) in [7, 11) is 0. The Kier molecular flexibility index (Phi) is 31.1. The van der Waals surface area contributed by atoms with Gasteiger partial charge in [0.15, 0.2) is 0 Å². The molecule has 0 saturated carbocycles. The summed E-state index contributed by atoms with van der Waals surface area (Å²) >= 11 is 0. The van der Waals surface area contributed by atoms with Crippen LogP contribution in [0.2, 0.25) is 0 Å². The summed E-state index contributed by atoms with van der Waals surface area (Å²) in [6, 6.07) is 0. The van der Waals surface area contributed by atoms with Crippen molar-refractivity contribution in [3.05, 3.63) is 0 Å². The SMILES string of the molecule is CCCCCC(=O)O.CCN.CCN. The number of carbonyl (C=O) groups is 1. The lowest BCUT2D eigenvalue weighted by atomic mass is 10.2. The molecule has 0 atom stereocenters. The fraction of sp³-hybridized carbons (Fsp3) is 0.900. The quantitative estimate of drug-likeness (QED) is 0.609. The van der Waals surface area contributed by atoms with Crippen molar-refractivity contribution in [3.63, 3.8) is 0 Å². The van der Waals surface area contributed by atoms with E-state index in [1.54, 1.807) is 0 Å². The van der Waals surface area contributed by atoms with Gasteiger partial charge in [0.2, 0.25) is 0 Å². The standard InChI is InChI=1S/C6H12O2.2C2H7N/c1-2-3-4-5-6(7)8;2*1-2-3/h2-5H2,1H3,(H,7,8);2*2-3H2,1H3. The first-order valence-electron chi connectivity index (χ1n) is 5.22. The van der Waals surface area contributed by atoms with Gasteiger partial charge in [0, 0.05) is 6.42 Å². The summed E-state index contributed by atoms with van der Waals surface area (Å²) in [4.78, 5) is 9.87. The first-order valence-corrected chi connectivity index (χ1v) is 5.22. The third-order valence-electron chi connectivity index (χ3n) is 0.994. The molecular weight excluding hydrogens is 180 g/mol. The van der Waals surface area contributed by atoms with Crippen molar-refractivity contribution < 1.29 is 9.90 Å². The Morgan fingerprint density at radius 2 is 1.43 bits per heavy atom. The minimum absolute atomic E-state index is 0.327. The van der Waals surface area contributed by atoms with Crippen LogP contribution in [0.3, 0.4) is 0 Å². The fourth-order valence-corrected chi connectivity index (χ4v) is 0.526. The zero-order valence-corrected chi connectivity index (χ0v) is 9.75. The molecule has 0 amide bonds. The van der Waals surface area contributed by atoms with Crippen LogP contribution < -0.4 is 11.5 Å². The molecular formula is C10H26N2O2. The molecule has 14 heavy (non-hydrogen) atoms. The normalized spacial score (nSPS) is 7.79. The van der Waals surface area contributed by atoms with Gasteiger partial charge in [0.25, 0.3) is 0 Å². The van der Waals surface area contributed by atoms with E-state index < -0.39 is 5.97 Å². The number of carboxylic acids is 1. The third kappa shape index (κ3) is 63.8. The van der Waals surface area contributed by atoms with Crippen molar-refractivity contribution in [2.45, 2.75) is 46.5 Å². The van der Waals surface area contributed by atoms with Gasteiger partial charge < -0.3 is 16.6 Å². The van der Waals surface area contributed by atoms with Gasteiger partial charge in [-0.3, -0.25) is 4.79 Å². The van der Waals surface area contributed by atoms with Crippen molar-refractivity contribution in [2.24, 2.45) is 11.5 Å². The zero-order valence-electron chi connectivity index (χ0n) is 9.75. The molecule has 0 aliphatic rings. The molecule has 88 valence electrons. The lowest BCUT2D eigenvalue weighted by Gasteiger charge is -1.89. The maximum absolute atomic E-state index is 9.87. The summed E-state index contributed by atoms with van der Waals surface area (Å²) in [6.07, 6.45) is 3.28. The van der Waals surface area contributed by atoms with Crippen LogP contribution in [-0.4, -0.2) is 24.2 Å². The second-order valence-electron chi connectivity index (χ2n) is 2.67. The Morgan fingerprint density at radius 3 is 1.64 bits per heavy atom. The molecule has 0 aliphatic carbocycles.